The van der Waals surface area contributed by atoms with Gasteiger partial charge in [0.1, 0.15) is 0 Å². The lowest BCUT2D eigenvalue weighted by atomic mass is 10.0. The van der Waals surface area contributed by atoms with Crippen LogP contribution >= 0.6 is 0 Å². The highest BCUT2D eigenvalue weighted by Crippen LogP contribution is 2.46. The van der Waals surface area contributed by atoms with E-state index in [9.17, 15) is 0 Å². The van der Waals surface area contributed by atoms with Crippen molar-refractivity contribution in [2.75, 3.05) is 0 Å². The van der Waals surface area contributed by atoms with Crippen LogP contribution in [-0.2, 0) is 0 Å². The van der Waals surface area contributed by atoms with Gasteiger partial charge < -0.3 is 0 Å². The van der Waals surface area contributed by atoms with E-state index in [0.717, 1.165) is 17.8 Å². The van der Waals surface area contributed by atoms with Gasteiger partial charge in [-0.1, -0.05) is 26.3 Å². The molecule has 1 saturated carbocycles. The Morgan fingerprint density at radius 3 is 2.78 bits per heavy atom. The zero-order valence-electron chi connectivity index (χ0n) is 6.43. The number of rotatable bonds is 3. The van der Waals surface area contributed by atoms with Crippen LogP contribution < -0.4 is 0 Å². The maximum Gasteiger partial charge on any atom is -0.0234 e. The Balaban J connectivity index is 2.24. The number of hydrogen-bond acceptors (Lipinski definition) is 0. The van der Waals surface area contributed by atoms with Gasteiger partial charge in [0.2, 0.25) is 0 Å². The quantitative estimate of drug-likeness (QED) is 0.507. The topological polar surface area (TPSA) is 0 Å². The third-order valence-electron chi connectivity index (χ3n) is 2.55. The Morgan fingerprint density at radius 2 is 2.44 bits per heavy atom. The summed E-state index contributed by atoms with van der Waals surface area (Å²) in [6.07, 6.45) is 4.90. The molecule has 1 fully saturated rings. The fourth-order valence-corrected chi connectivity index (χ4v) is 1.56. The molecular formula is C9H16. The molecule has 0 aromatic rings. The highest BCUT2D eigenvalue weighted by molar-refractivity contribution is 4.94. The molecule has 0 N–H and O–H groups in total. The molecule has 0 amide bonds. The lowest BCUT2D eigenvalue weighted by Gasteiger charge is -2.01. The van der Waals surface area contributed by atoms with E-state index < -0.39 is 0 Å². The van der Waals surface area contributed by atoms with Crippen molar-refractivity contribution in [3.63, 3.8) is 0 Å². The second-order valence-corrected chi connectivity index (χ2v) is 3.16. The molecule has 0 aliphatic heterocycles. The van der Waals surface area contributed by atoms with Gasteiger partial charge in [0.05, 0.1) is 0 Å². The minimum atomic E-state index is 0.759. The van der Waals surface area contributed by atoms with Crippen molar-refractivity contribution >= 4 is 0 Å². The van der Waals surface area contributed by atoms with Crippen LogP contribution in [0.3, 0.4) is 0 Å². The Morgan fingerprint density at radius 1 is 1.78 bits per heavy atom. The molecule has 1 aliphatic rings. The van der Waals surface area contributed by atoms with E-state index in [2.05, 4.69) is 26.5 Å². The van der Waals surface area contributed by atoms with Gasteiger partial charge in [0.25, 0.3) is 0 Å². The number of hydrogen-bond donors (Lipinski definition) is 0. The van der Waals surface area contributed by atoms with E-state index >= 15 is 0 Å². The third kappa shape index (κ3) is 1.35. The van der Waals surface area contributed by atoms with Crippen molar-refractivity contribution in [1.82, 2.24) is 0 Å². The predicted octanol–water partition coefficient (Wildman–Crippen LogP) is 2.85. The summed E-state index contributed by atoms with van der Waals surface area (Å²) >= 11 is 0. The summed E-state index contributed by atoms with van der Waals surface area (Å²) in [7, 11) is 0. The van der Waals surface area contributed by atoms with Crippen LogP contribution in [0.5, 0.6) is 0 Å². The van der Waals surface area contributed by atoms with E-state index in [0.29, 0.717) is 0 Å². The summed E-state index contributed by atoms with van der Waals surface area (Å²) < 4.78 is 0. The van der Waals surface area contributed by atoms with Crippen LogP contribution in [-0.4, -0.2) is 0 Å². The predicted molar refractivity (Wildman–Crippen MR) is 41.2 cm³/mol. The second-order valence-electron chi connectivity index (χ2n) is 3.16. The highest BCUT2D eigenvalue weighted by Gasteiger charge is 2.37. The highest BCUT2D eigenvalue weighted by atomic mass is 14.4. The molecule has 0 heteroatoms. The summed E-state index contributed by atoms with van der Waals surface area (Å²) in [4.78, 5) is 0. The first-order valence-corrected chi connectivity index (χ1v) is 3.92. The van der Waals surface area contributed by atoms with E-state index in [1.807, 2.05) is 0 Å². The smallest absolute Gasteiger partial charge is 0.0234 e. The van der Waals surface area contributed by atoms with Crippen LogP contribution in [0.1, 0.15) is 26.7 Å². The van der Waals surface area contributed by atoms with Gasteiger partial charge in [-0.25, -0.2) is 0 Å². The minimum Gasteiger partial charge on any atom is -0.103 e. The Hall–Kier alpha value is -0.260. The monoisotopic (exact) mass is 124 g/mol. The molecule has 3 atom stereocenters. The molecule has 9 heavy (non-hydrogen) atoms. The van der Waals surface area contributed by atoms with E-state index in [1.165, 1.54) is 12.8 Å². The zero-order valence-corrected chi connectivity index (χ0v) is 6.43. The maximum atomic E-state index is 3.79. The van der Waals surface area contributed by atoms with Gasteiger partial charge in [-0.05, 0) is 24.2 Å². The summed E-state index contributed by atoms with van der Waals surface area (Å²) in [5.41, 5.74) is 0. The molecule has 0 aromatic heterocycles. The van der Waals surface area contributed by atoms with E-state index in [-0.39, 0.29) is 0 Å². The standard InChI is InChI=1S/C9H16/c1-4-7(3)9-6-8(9)5-2/h4,7-9H,1,5-6H2,2-3H3. The van der Waals surface area contributed by atoms with Crippen molar-refractivity contribution in [3.05, 3.63) is 12.7 Å². The summed E-state index contributed by atoms with van der Waals surface area (Å²) in [6, 6.07) is 0. The van der Waals surface area contributed by atoms with Crippen LogP contribution in [0.15, 0.2) is 12.7 Å². The van der Waals surface area contributed by atoms with E-state index in [1.54, 1.807) is 0 Å². The average Bonchev–Trinajstić information content (AvgIpc) is 2.64. The van der Waals surface area contributed by atoms with Gasteiger partial charge in [-0.15, -0.1) is 6.58 Å². The molecule has 1 rings (SSSR count). The first-order valence-electron chi connectivity index (χ1n) is 3.92. The second kappa shape index (κ2) is 2.55. The molecular weight excluding hydrogens is 108 g/mol. The molecule has 1 aliphatic carbocycles. The lowest BCUT2D eigenvalue weighted by Crippen LogP contribution is -1.92. The third-order valence-corrected chi connectivity index (χ3v) is 2.55. The molecule has 0 radical (unpaired) electrons. The SMILES string of the molecule is C=CC(C)C1CC1CC. The minimum absolute atomic E-state index is 0.759. The Kier molecular flexibility index (Phi) is 1.94. The van der Waals surface area contributed by atoms with Crippen LogP contribution in [0.4, 0.5) is 0 Å². The molecule has 3 unspecified atom stereocenters. The fraction of sp³-hybridized carbons (Fsp3) is 0.778. The molecule has 0 nitrogen and oxygen atoms in total. The summed E-state index contributed by atoms with van der Waals surface area (Å²) in [6.45, 7) is 8.34. The van der Waals surface area contributed by atoms with E-state index in [4.69, 9.17) is 0 Å². The fourth-order valence-electron chi connectivity index (χ4n) is 1.56. The number of allylic oxidation sites excluding steroid dienone is 1. The summed E-state index contributed by atoms with van der Waals surface area (Å²) in [5.74, 6) is 2.76. The van der Waals surface area contributed by atoms with Crippen molar-refractivity contribution < 1.29 is 0 Å². The normalized spacial score (nSPS) is 35.8. The van der Waals surface area contributed by atoms with Gasteiger partial charge in [0.15, 0.2) is 0 Å². The van der Waals surface area contributed by atoms with Gasteiger partial charge >= 0.3 is 0 Å². The zero-order chi connectivity index (χ0) is 6.85. The van der Waals surface area contributed by atoms with Gasteiger partial charge in [-0.3, -0.25) is 0 Å². The van der Waals surface area contributed by atoms with Crippen molar-refractivity contribution in [2.45, 2.75) is 26.7 Å². The van der Waals surface area contributed by atoms with Crippen LogP contribution in [0.2, 0.25) is 0 Å². The lowest BCUT2D eigenvalue weighted by molar-refractivity contribution is 0.561. The maximum absolute atomic E-state index is 3.79. The Labute approximate surface area is 58.0 Å². The molecule has 0 bridgehead atoms. The van der Waals surface area contributed by atoms with Crippen LogP contribution in [0, 0.1) is 17.8 Å². The molecule has 0 spiro atoms. The Bertz CT molecular complexity index is 105. The first-order chi connectivity index (χ1) is 4.29. The van der Waals surface area contributed by atoms with Crippen molar-refractivity contribution in [3.8, 4) is 0 Å². The molecule has 0 aromatic carbocycles. The average molecular weight is 124 g/mol. The van der Waals surface area contributed by atoms with Gasteiger partial charge in [-0.2, -0.15) is 0 Å². The first kappa shape index (κ1) is 6.85. The molecule has 52 valence electrons. The summed E-state index contributed by atoms with van der Waals surface area (Å²) in [5, 5.41) is 0. The van der Waals surface area contributed by atoms with Gasteiger partial charge in [0, 0.05) is 0 Å². The molecule has 0 saturated heterocycles. The molecule has 0 heterocycles. The van der Waals surface area contributed by atoms with Crippen molar-refractivity contribution in [2.24, 2.45) is 17.8 Å². The largest absolute Gasteiger partial charge is 0.103 e. The van der Waals surface area contributed by atoms with Crippen LogP contribution in [0.25, 0.3) is 0 Å². The van der Waals surface area contributed by atoms with Crippen molar-refractivity contribution in [1.29, 1.82) is 0 Å².